The first-order valence-electron chi connectivity index (χ1n) is 6.80. The Hall–Kier alpha value is -2.93. The van der Waals surface area contributed by atoms with Crippen molar-refractivity contribution in [2.75, 3.05) is 10.6 Å². The maximum Gasteiger partial charge on any atom is 0.302 e. The molecule has 0 aliphatic carbocycles. The van der Waals surface area contributed by atoms with Crippen LogP contribution in [0.5, 0.6) is 0 Å². The number of nitrogens with zero attached hydrogens (tertiary/aromatic N) is 1. The number of aromatic nitrogens is 1. The number of amides is 2. The number of aryl methyl sites for hydroxylation is 1. The summed E-state index contributed by atoms with van der Waals surface area (Å²) in [6.45, 7) is 1.96. The Morgan fingerprint density at radius 3 is 2.57 bits per heavy atom. The molecule has 0 aliphatic rings. The van der Waals surface area contributed by atoms with Gasteiger partial charge in [-0.3, -0.25) is 14.9 Å². The Balaban J connectivity index is 1.65. The highest BCUT2D eigenvalue weighted by molar-refractivity contribution is 7.12. The summed E-state index contributed by atoms with van der Waals surface area (Å²) in [7, 11) is 0. The second-order valence-corrected chi connectivity index (χ2v) is 5.74. The van der Waals surface area contributed by atoms with E-state index in [9.17, 15) is 9.59 Å². The monoisotopic (exact) mass is 327 g/mol. The third-order valence-electron chi connectivity index (χ3n) is 3.01. The number of rotatable bonds is 4. The summed E-state index contributed by atoms with van der Waals surface area (Å²) in [6, 6.07) is 10.8. The molecule has 0 saturated carbocycles. The van der Waals surface area contributed by atoms with Gasteiger partial charge >= 0.3 is 6.01 Å². The van der Waals surface area contributed by atoms with E-state index in [4.69, 9.17) is 4.42 Å². The number of hydrogen-bond donors (Lipinski definition) is 2. The Morgan fingerprint density at radius 2 is 1.87 bits per heavy atom. The Bertz CT molecular complexity index is 823. The van der Waals surface area contributed by atoms with Crippen molar-refractivity contribution in [1.82, 2.24) is 4.98 Å². The van der Waals surface area contributed by atoms with Crippen LogP contribution in [0.25, 0.3) is 0 Å². The molecule has 2 amide bonds. The van der Waals surface area contributed by atoms with Crippen LogP contribution < -0.4 is 10.6 Å². The molecule has 2 heterocycles. The van der Waals surface area contributed by atoms with Crippen molar-refractivity contribution in [2.24, 2.45) is 0 Å². The lowest BCUT2D eigenvalue weighted by atomic mass is 10.2. The van der Waals surface area contributed by atoms with Crippen molar-refractivity contribution in [3.05, 3.63) is 64.2 Å². The third-order valence-corrected chi connectivity index (χ3v) is 3.88. The fraction of sp³-hybridized carbons (Fsp3) is 0.0625. The van der Waals surface area contributed by atoms with Crippen LogP contribution in [0.4, 0.5) is 11.7 Å². The largest absolute Gasteiger partial charge is 0.431 e. The standard InChI is InChI=1S/C16H13N3O3S/c1-10-4-6-11(7-5-10)17-14(20)12-9-22-16(18-12)19-15(21)13-3-2-8-23-13/h2-9H,1H3,(H,17,20)(H,18,19,21). The summed E-state index contributed by atoms with van der Waals surface area (Å²) < 4.78 is 5.11. The number of thiophene rings is 1. The maximum absolute atomic E-state index is 12.1. The highest BCUT2D eigenvalue weighted by atomic mass is 32.1. The fourth-order valence-electron chi connectivity index (χ4n) is 1.83. The molecule has 7 heteroatoms. The quantitative estimate of drug-likeness (QED) is 0.767. The number of nitrogens with one attached hydrogen (secondary N) is 2. The molecule has 116 valence electrons. The van der Waals surface area contributed by atoms with Crippen molar-refractivity contribution < 1.29 is 14.0 Å². The predicted molar refractivity (Wildman–Crippen MR) is 87.9 cm³/mol. The highest BCUT2D eigenvalue weighted by Gasteiger charge is 2.15. The van der Waals surface area contributed by atoms with Gasteiger partial charge in [0.2, 0.25) is 0 Å². The average Bonchev–Trinajstić information content (AvgIpc) is 3.20. The molecule has 0 radical (unpaired) electrons. The van der Waals surface area contributed by atoms with E-state index in [0.29, 0.717) is 10.6 Å². The van der Waals surface area contributed by atoms with Gasteiger partial charge in [-0.05, 0) is 30.5 Å². The van der Waals surface area contributed by atoms with E-state index in [1.165, 1.54) is 17.6 Å². The van der Waals surface area contributed by atoms with Crippen molar-refractivity contribution in [3.8, 4) is 0 Å². The summed E-state index contributed by atoms with van der Waals surface area (Å²) >= 11 is 1.31. The van der Waals surface area contributed by atoms with Crippen LogP contribution in [0.2, 0.25) is 0 Å². The van der Waals surface area contributed by atoms with E-state index in [1.54, 1.807) is 29.6 Å². The molecule has 6 nitrogen and oxygen atoms in total. The van der Waals surface area contributed by atoms with Crippen LogP contribution in [0.1, 0.15) is 25.7 Å². The summed E-state index contributed by atoms with van der Waals surface area (Å²) in [6.07, 6.45) is 1.20. The van der Waals surface area contributed by atoms with Gasteiger partial charge in [-0.1, -0.05) is 23.8 Å². The topological polar surface area (TPSA) is 84.2 Å². The molecule has 23 heavy (non-hydrogen) atoms. The first kappa shape index (κ1) is 15.0. The molecule has 2 aromatic heterocycles. The summed E-state index contributed by atoms with van der Waals surface area (Å²) in [4.78, 5) is 28.5. The van der Waals surface area contributed by atoms with Gasteiger partial charge < -0.3 is 9.73 Å². The molecule has 3 rings (SSSR count). The van der Waals surface area contributed by atoms with Crippen LogP contribution in [0, 0.1) is 6.92 Å². The molecular weight excluding hydrogens is 314 g/mol. The van der Waals surface area contributed by atoms with Gasteiger partial charge in [0, 0.05) is 5.69 Å². The predicted octanol–water partition coefficient (Wildman–Crippen LogP) is 3.55. The Morgan fingerprint density at radius 1 is 1.09 bits per heavy atom. The molecule has 1 aromatic carbocycles. The number of carbonyl (C=O) groups excluding carboxylic acids is 2. The van der Waals surface area contributed by atoms with Gasteiger partial charge in [-0.15, -0.1) is 11.3 Å². The molecular formula is C16H13N3O3S. The molecule has 0 spiro atoms. The second-order valence-electron chi connectivity index (χ2n) is 4.79. The van der Waals surface area contributed by atoms with Crippen molar-refractivity contribution >= 4 is 34.9 Å². The zero-order chi connectivity index (χ0) is 16.2. The molecule has 0 aliphatic heterocycles. The van der Waals surface area contributed by atoms with Crippen molar-refractivity contribution in [3.63, 3.8) is 0 Å². The first-order valence-corrected chi connectivity index (χ1v) is 7.68. The molecule has 2 N–H and O–H groups in total. The minimum atomic E-state index is -0.408. The first-order chi connectivity index (χ1) is 11.1. The maximum atomic E-state index is 12.1. The summed E-state index contributed by atoms with van der Waals surface area (Å²) in [5.41, 5.74) is 1.85. The van der Waals surface area contributed by atoms with Crippen LogP contribution in [-0.4, -0.2) is 16.8 Å². The smallest absolute Gasteiger partial charge is 0.302 e. The number of hydrogen-bond acceptors (Lipinski definition) is 5. The minimum absolute atomic E-state index is 0.0162. The highest BCUT2D eigenvalue weighted by Crippen LogP contribution is 2.15. The van der Waals surface area contributed by atoms with Crippen LogP contribution in [0.3, 0.4) is 0 Å². The van der Waals surface area contributed by atoms with E-state index in [2.05, 4.69) is 15.6 Å². The van der Waals surface area contributed by atoms with E-state index in [-0.39, 0.29) is 17.6 Å². The third kappa shape index (κ3) is 3.64. The van der Waals surface area contributed by atoms with E-state index >= 15 is 0 Å². The molecule has 3 aromatic rings. The minimum Gasteiger partial charge on any atom is -0.431 e. The number of anilines is 2. The lowest BCUT2D eigenvalue weighted by molar-refractivity contribution is 0.101. The molecule has 0 saturated heterocycles. The average molecular weight is 327 g/mol. The van der Waals surface area contributed by atoms with Crippen LogP contribution in [-0.2, 0) is 0 Å². The summed E-state index contributed by atoms with van der Waals surface area (Å²) in [5.74, 6) is -0.735. The van der Waals surface area contributed by atoms with Gasteiger partial charge in [0.05, 0.1) is 4.88 Å². The van der Waals surface area contributed by atoms with Gasteiger partial charge in [-0.25, -0.2) is 0 Å². The lowest BCUT2D eigenvalue weighted by Crippen LogP contribution is -2.13. The van der Waals surface area contributed by atoms with E-state index < -0.39 is 5.91 Å². The molecule has 0 fully saturated rings. The molecule has 0 atom stereocenters. The SMILES string of the molecule is Cc1ccc(NC(=O)c2coc(NC(=O)c3cccs3)n2)cc1. The number of carbonyl (C=O) groups is 2. The number of benzene rings is 1. The zero-order valence-corrected chi connectivity index (χ0v) is 13.0. The summed E-state index contributed by atoms with van der Waals surface area (Å²) in [5, 5.41) is 7.01. The van der Waals surface area contributed by atoms with Gasteiger partial charge in [0.25, 0.3) is 11.8 Å². The lowest BCUT2D eigenvalue weighted by Gasteiger charge is -2.02. The van der Waals surface area contributed by atoms with Crippen LogP contribution >= 0.6 is 11.3 Å². The molecule has 0 unspecified atom stereocenters. The zero-order valence-electron chi connectivity index (χ0n) is 12.2. The number of oxazole rings is 1. The van der Waals surface area contributed by atoms with Crippen molar-refractivity contribution in [2.45, 2.75) is 6.92 Å². The van der Waals surface area contributed by atoms with Gasteiger partial charge in [0.15, 0.2) is 5.69 Å². The van der Waals surface area contributed by atoms with Crippen LogP contribution in [0.15, 0.2) is 52.5 Å². The second kappa shape index (κ2) is 6.45. The van der Waals surface area contributed by atoms with Gasteiger partial charge in [0.1, 0.15) is 6.26 Å². The van der Waals surface area contributed by atoms with E-state index in [0.717, 1.165) is 5.56 Å². The van der Waals surface area contributed by atoms with Crippen molar-refractivity contribution in [1.29, 1.82) is 0 Å². The fourth-order valence-corrected chi connectivity index (χ4v) is 2.45. The van der Waals surface area contributed by atoms with Gasteiger partial charge in [-0.2, -0.15) is 4.98 Å². The molecule has 0 bridgehead atoms. The Labute approximate surface area is 136 Å². The Kier molecular flexibility index (Phi) is 4.20. The normalized spacial score (nSPS) is 10.3. The van der Waals surface area contributed by atoms with E-state index in [1.807, 2.05) is 19.1 Å².